The zero-order valence-corrected chi connectivity index (χ0v) is 13.6. The second-order valence-corrected chi connectivity index (χ2v) is 6.01. The fourth-order valence-corrected chi connectivity index (χ4v) is 3.05. The van der Waals surface area contributed by atoms with Gasteiger partial charge in [-0.05, 0) is 37.6 Å². The van der Waals surface area contributed by atoms with Gasteiger partial charge in [-0.2, -0.15) is 0 Å². The molecule has 0 saturated carbocycles. The Labute approximate surface area is 143 Å². The maximum atomic E-state index is 13.1. The second kappa shape index (κ2) is 6.05. The van der Waals surface area contributed by atoms with E-state index in [0.717, 1.165) is 0 Å². The Kier molecular flexibility index (Phi) is 4.04. The van der Waals surface area contributed by atoms with Crippen LogP contribution in [0, 0.1) is 0 Å². The van der Waals surface area contributed by atoms with Crippen molar-refractivity contribution in [3.63, 3.8) is 0 Å². The fourth-order valence-electron chi connectivity index (χ4n) is 3.05. The highest BCUT2D eigenvalue weighted by Gasteiger charge is 2.42. The molecule has 0 spiro atoms. The topological polar surface area (TPSA) is 101 Å². The summed E-state index contributed by atoms with van der Waals surface area (Å²) in [5, 5.41) is 19.2. The molecule has 6 nitrogen and oxygen atoms in total. The van der Waals surface area contributed by atoms with Crippen LogP contribution in [0.25, 0.3) is 0 Å². The van der Waals surface area contributed by atoms with E-state index >= 15 is 0 Å². The highest BCUT2D eigenvalue weighted by Crippen LogP contribution is 2.41. The molecule has 0 aliphatic carbocycles. The molecule has 0 radical (unpaired) electrons. The Morgan fingerprint density at radius 3 is 2.20 bits per heavy atom. The van der Waals surface area contributed by atoms with E-state index in [0.29, 0.717) is 5.56 Å². The molecular weight excluding hydrogens is 324 g/mol. The third kappa shape index (κ3) is 2.87. The SMILES string of the molecule is CC(=O)c1cc(O)cc2c1C(=O)C(c1ccc(O)cc1)C(C(C)=O)O2. The lowest BCUT2D eigenvalue weighted by Gasteiger charge is -2.32. The van der Waals surface area contributed by atoms with Crippen molar-refractivity contribution in [3.05, 3.63) is 53.1 Å². The van der Waals surface area contributed by atoms with Gasteiger partial charge in [-0.3, -0.25) is 14.4 Å². The molecule has 0 saturated heterocycles. The molecular formula is C19H16O6. The summed E-state index contributed by atoms with van der Waals surface area (Å²) in [4.78, 5) is 37.1. The zero-order valence-electron chi connectivity index (χ0n) is 13.6. The lowest BCUT2D eigenvalue weighted by Crippen LogP contribution is -2.41. The summed E-state index contributed by atoms with van der Waals surface area (Å²) in [6, 6.07) is 8.34. The van der Waals surface area contributed by atoms with Crippen molar-refractivity contribution in [3.8, 4) is 17.2 Å². The first-order valence-electron chi connectivity index (χ1n) is 7.67. The van der Waals surface area contributed by atoms with Gasteiger partial charge in [0, 0.05) is 11.6 Å². The number of phenolic OH excluding ortho intramolecular Hbond substituents is 2. The predicted octanol–water partition coefficient (Wildman–Crippen LogP) is 2.62. The van der Waals surface area contributed by atoms with Gasteiger partial charge in [0.2, 0.25) is 0 Å². The first-order chi connectivity index (χ1) is 11.8. The Hall–Kier alpha value is -3.15. The van der Waals surface area contributed by atoms with E-state index in [1.807, 2.05) is 0 Å². The zero-order chi connectivity index (χ0) is 18.3. The summed E-state index contributed by atoms with van der Waals surface area (Å²) in [7, 11) is 0. The molecule has 2 atom stereocenters. The Balaban J connectivity index is 2.21. The van der Waals surface area contributed by atoms with E-state index in [2.05, 4.69) is 0 Å². The number of carbonyl (C=O) groups is 3. The number of hydrogen-bond acceptors (Lipinski definition) is 6. The minimum atomic E-state index is -1.08. The average molecular weight is 340 g/mol. The third-order valence-corrected chi connectivity index (χ3v) is 4.20. The third-order valence-electron chi connectivity index (χ3n) is 4.20. The molecule has 0 aromatic heterocycles. The van der Waals surface area contributed by atoms with Gasteiger partial charge in [0.25, 0.3) is 0 Å². The Morgan fingerprint density at radius 1 is 1.00 bits per heavy atom. The molecule has 1 aliphatic rings. The predicted molar refractivity (Wildman–Crippen MR) is 88.4 cm³/mol. The quantitative estimate of drug-likeness (QED) is 0.833. The molecule has 2 unspecified atom stereocenters. The highest BCUT2D eigenvalue weighted by atomic mass is 16.5. The minimum Gasteiger partial charge on any atom is -0.508 e. The van der Waals surface area contributed by atoms with Gasteiger partial charge in [-0.15, -0.1) is 0 Å². The Bertz CT molecular complexity index is 882. The van der Waals surface area contributed by atoms with Crippen LogP contribution in [0.4, 0.5) is 0 Å². The minimum absolute atomic E-state index is 0.0189. The molecule has 25 heavy (non-hydrogen) atoms. The molecule has 2 aromatic rings. The summed E-state index contributed by atoms with van der Waals surface area (Å²) in [5.41, 5.74) is 0.600. The molecule has 1 heterocycles. The number of hydrogen-bond donors (Lipinski definition) is 2. The fraction of sp³-hybridized carbons (Fsp3) is 0.211. The summed E-state index contributed by atoms with van der Waals surface area (Å²) in [5.74, 6) is -2.29. The number of aromatic hydroxyl groups is 2. The van der Waals surface area contributed by atoms with Crippen molar-refractivity contribution in [2.24, 2.45) is 0 Å². The van der Waals surface area contributed by atoms with Crippen LogP contribution in [0.5, 0.6) is 17.2 Å². The summed E-state index contributed by atoms with van der Waals surface area (Å²) >= 11 is 0. The standard InChI is InChI=1S/C19H16O6/c1-9(20)14-7-13(23)8-15-17(14)18(24)16(19(25-15)10(2)21)11-3-5-12(22)6-4-11/h3-8,16,19,22-23H,1-2H3. The molecule has 3 rings (SSSR count). The first-order valence-corrected chi connectivity index (χ1v) is 7.67. The van der Waals surface area contributed by atoms with E-state index in [-0.39, 0.29) is 34.2 Å². The monoisotopic (exact) mass is 340 g/mol. The molecule has 2 N–H and O–H groups in total. The number of phenols is 2. The van der Waals surface area contributed by atoms with Gasteiger partial charge in [0.05, 0.1) is 11.5 Å². The van der Waals surface area contributed by atoms with Crippen molar-refractivity contribution in [2.45, 2.75) is 25.9 Å². The van der Waals surface area contributed by atoms with Crippen LogP contribution in [0.1, 0.15) is 46.0 Å². The lowest BCUT2D eigenvalue weighted by atomic mass is 9.80. The van der Waals surface area contributed by atoms with Crippen molar-refractivity contribution >= 4 is 17.3 Å². The summed E-state index contributed by atoms with van der Waals surface area (Å²) in [6.45, 7) is 2.60. The number of benzene rings is 2. The van der Waals surface area contributed by atoms with Crippen LogP contribution < -0.4 is 4.74 Å². The van der Waals surface area contributed by atoms with Crippen LogP contribution in [0.15, 0.2) is 36.4 Å². The average Bonchev–Trinajstić information content (AvgIpc) is 2.54. The molecule has 6 heteroatoms. The summed E-state index contributed by atoms with van der Waals surface area (Å²) < 4.78 is 5.69. The van der Waals surface area contributed by atoms with Crippen LogP contribution in [0.2, 0.25) is 0 Å². The van der Waals surface area contributed by atoms with E-state index in [4.69, 9.17) is 4.74 Å². The van der Waals surface area contributed by atoms with E-state index in [1.165, 1.54) is 50.2 Å². The maximum Gasteiger partial charge on any atom is 0.178 e. The van der Waals surface area contributed by atoms with E-state index in [1.54, 1.807) is 0 Å². The van der Waals surface area contributed by atoms with Gasteiger partial charge in [0.1, 0.15) is 17.2 Å². The van der Waals surface area contributed by atoms with Crippen molar-refractivity contribution in [1.29, 1.82) is 0 Å². The van der Waals surface area contributed by atoms with Crippen LogP contribution >= 0.6 is 0 Å². The van der Waals surface area contributed by atoms with Crippen molar-refractivity contribution < 1.29 is 29.3 Å². The molecule has 0 amide bonds. The summed E-state index contributed by atoms with van der Waals surface area (Å²) in [6.07, 6.45) is -1.08. The van der Waals surface area contributed by atoms with Gasteiger partial charge < -0.3 is 14.9 Å². The molecule has 0 bridgehead atoms. The maximum absolute atomic E-state index is 13.1. The first kappa shape index (κ1) is 16.7. The second-order valence-electron chi connectivity index (χ2n) is 6.01. The lowest BCUT2D eigenvalue weighted by molar-refractivity contribution is -0.124. The number of fused-ring (bicyclic) bond motifs is 1. The van der Waals surface area contributed by atoms with E-state index in [9.17, 15) is 24.6 Å². The molecule has 0 fully saturated rings. The largest absolute Gasteiger partial charge is 0.508 e. The van der Waals surface area contributed by atoms with Gasteiger partial charge in [-0.25, -0.2) is 0 Å². The number of rotatable bonds is 3. The number of ether oxygens (including phenoxy) is 1. The normalized spacial score (nSPS) is 19.0. The number of carbonyl (C=O) groups excluding carboxylic acids is 3. The van der Waals surface area contributed by atoms with E-state index < -0.39 is 23.6 Å². The van der Waals surface area contributed by atoms with Gasteiger partial charge in [-0.1, -0.05) is 12.1 Å². The highest BCUT2D eigenvalue weighted by molar-refractivity contribution is 6.14. The van der Waals surface area contributed by atoms with Gasteiger partial charge >= 0.3 is 0 Å². The van der Waals surface area contributed by atoms with Crippen molar-refractivity contribution in [1.82, 2.24) is 0 Å². The van der Waals surface area contributed by atoms with Crippen LogP contribution in [0.3, 0.4) is 0 Å². The smallest absolute Gasteiger partial charge is 0.178 e. The Morgan fingerprint density at radius 2 is 1.64 bits per heavy atom. The molecule has 128 valence electrons. The molecule has 2 aromatic carbocycles. The van der Waals surface area contributed by atoms with Crippen LogP contribution in [-0.2, 0) is 4.79 Å². The van der Waals surface area contributed by atoms with Gasteiger partial charge in [0.15, 0.2) is 23.5 Å². The molecule has 1 aliphatic heterocycles. The number of ketones is 3. The van der Waals surface area contributed by atoms with Crippen molar-refractivity contribution in [2.75, 3.05) is 0 Å². The van der Waals surface area contributed by atoms with Crippen LogP contribution in [-0.4, -0.2) is 33.7 Å². The number of Topliss-reactive ketones (excluding diaryl/α,β-unsaturated/α-hetero) is 3.